The maximum absolute atomic E-state index is 12.7. The number of thiocarbonyl (C=S) groups is 1. The smallest absolute Gasteiger partial charge is 0.236 e. The number of para-hydroxylation sites is 1. The van der Waals surface area contributed by atoms with Crippen molar-refractivity contribution in [2.24, 2.45) is 11.7 Å². The lowest BCUT2D eigenvalue weighted by molar-refractivity contribution is -0.120. The predicted octanol–water partition coefficient (Wildman–Crippen LogP) is 3.52. The number of amides is 1. The fraction of sp³-hybridized carbons (Fsp3) is 0.500. The quantitative estimate of drug-likeness (QED) is 0.746. The normalized spacial score (nSPS) is 11.9. The third-order valence-electron chi connectivity index (χ3n) is 3.29. The highest BCUT2D eigenvalue weighted by Gasteiger charge is 2.26. The molecule has 0 fully saturated rings. The summed E-state index contributed by atoms with van der Waals surface area (Å²) in [5.74, 6) is -0.328. The SMILES string of the molecule is CCCCN(C(=O)C(CCC)C(N)=S)c1ccccc1. The zero-order valence-corrected chi connectivity index (χ0v) is 13.2. The van der Waals surface area contributed by atoms with Crippen molar-refractivity contribution >= 4 is 28.8 Å². The van der Waals surface area contributed by atoms with Crippen LogP contribution in [0, 0.1) is 5.92 Å². The molecule has 1 atom stereocenters. The maximum atomic E-state index is 12.7. The summed E-state index contributed by atoms with van der Waals surface area (Å²) in [6, 6.07) is 9.74. The highest BCUT2D eigenvalue weighted by molar-refractivity contribution is 7.80. The van der Waals surface area contributed by atoms with Crippen molar-refractivity contribution in [3.8, 4) is 0 Å². The average molecular weight is 292 g/mol. The van der Waals surface area contributed by atoms with Gasteiger partial charge in [0.2, 0.25) is 5.91 Å². The maximum Gasteiger partial charge on any atom is 0.236 e. The summed E-state index contributed by atoms with van der Waals surface area (Å²) in [7, 11) is 0. The average Bonchev–Trinajstić information content (AvgIpc) is 2.45. The Bertz CT molecular complexity index is 433. The van der Waals surface area contributed by atoms with Gasteiger partial charge in [0.25, 0.3) is 0 Å². The van der Waals surface area contributed by atoms with Crippen LogP contribution in [0.25, 0.3) is 0 Å². The molecular weight excluding hydrogens is 268 g/mol. The van der Waals surface area contributed by atoms with Gasteiger partial charge < -0.3 is 10.6 Å². The van der Waals surface area contributed by atoms with Gasteiger partial charge in [-0.05, 0) is 25.0 Å². The van der Waals surface area contributed by atoms with Crippen molar-refractivity contribution in [2.75, 3.05) is 11.4 Å². The van der Waals surface area contributed by atoms with Gasteiger partial charge in [-0.3, -0.25) is 4.79 Å². The summed E-state index contributed by atoms with van der Waals surface area (Å²) < 4.78 is 0. The van der Waals surface area contributed by atoms with Crippen LogP contribution in [0.1, 0.15) is 39.5 Å². The van der Waals surface area contributed by atoms with E-state index in [-0.39, 0.29) is 11.8 Å². The van der Waals surface area contributed by atoms with Gasteiger partial charge in [0.05, 0.1) is 10.9 Å². The van der Waals surface area contributed by atoms with Gasteiger partial charge >= 0.3 is 0 Å². The second kappa shape index (κ2) is 8.69. The fourth-order valence-electron chi connectivity index (χ4n) is 2.15. The van der Waals surface area contributed by atoms with E-state index in [0.717, 1.165) is 24.9 Å². The van der Waals surface area contributed by atoms with E-state index in [2.05, 4.69) is 6.92 Å². The topological polar surface area (TPSA) is 46.3 Å². The number of hydrogen-bond acceptors (Lipinski definition) is 2. The Hall–Kier alpha value is -1.42. The van der Waals surface area contributed by atoms with Crippen molar-refractivity contribution < 1.29 is 4.79 Å². The molecule has 0 aromatic heterocycles. The monoisotopic (exact) mass is 292 g/mol. The summed E-state index contributed by atoms with van der Waals surface area (Å²) in [4.78, 5) is 14.9. The number of anilines is 1. The molecule has 0 spiro atoms. The summed E-state index contributed by atoms with van der Waals surface area (Å²) in [5.41, 5.74) is 6.67. The first-order chi connectivity index (χ1) is 9.61. The zero-order valence-electron chi connectivity index (χ0n) is 12.3. The van der Waals surface area contributed by atoms with Crippen LogP contribution in [-0.4, -0.2) is 17.4 Å². The van der Waals surface area contributed by atoms with E-state index in [1.165, 1.54) is 0 Å². The highest BCUT2D eigenvalue weighted by atomic mass is 32.1. The van der Waals surface area contributed by atoms with Crippen LogP contribution >= 0.6 is 12.2 Å². The fourth-order valence-corrected chi connectivity index (χ4v) is 2.37. The Morgan fingerprint density at radius 2 is 1.90 bits per heavy atom. The first-order valence-electron chi connectivity index (χ1n) is 7.27. The lowest BCUT2D eigenvalue weighted by Gasteiger charge is -2.27. The van der Waals surface area contributed by atoms with Crippen molar-refractivity contribution in [1.29, 1.82) is 0 Å². The minimum Gasteiger partial charge on any atom is -0.393 e. The number of benzene rings is 1. The van der Waals surface area contributed by atoms with Gasteiger partial charge in [-0.2, -0.15) is 0 Å². The molecule has 0 heterocycles. The van der Waals surface area contributed by atoms with Gasteiger partial charge in [-0.1, -0.05) is 57.1 Å². The Morgan fingerprint density at radius 3 is 2.40 bits per heavy atom. The van der Waals surface area contributed by atoms with E-state index in [1.54, 1.807) is 0 Å². The molecule has 1 rings (SSSR count). The van der Waals surface area contributed by atoms with E-state index < -0.39 is 0 Å². The van der Waals surface area contributed by atoms with Crippen LogP contribution in [0.2, 0.25) is 0 Å². The number of rotatable bonds is 8. The van der Waals surface area contributed by atoms with Crippen LogP contribution in [-0.2, 0) is 4.79 Å². The molecular formula is C16H24N2OS. The van der Waals surface area contributed by atoms with Gasteiger partial charge in [-0.15, -0.1) is 0 Å². The van der Waals surface area contributed by atoms with E-state index in [1.807, 2.05) is 42.2 Å². The van der Waals surface area contributed by atoms with Crippen LogP contribution in [0.5, 0.6) is 0 Å². The minimum atomic E-state index is -0.355. The molecule has 110 valence electrons. The summed E-state index contributed by atoms with van der Waals surface area (Å²) >= 11 is 5.07. The summed E-state index contributed by atoms with van der Waals surface area (Å²) in [6.07, 6.45) is 3.62. The van der Waals surface area contributed by atoms with E-state index in [4.69, 9.17) is 18.0 Å². The standard InChI is InChI=1S/C16H24N2OS/c1-3-5-12-18(13-10-7-6-8-11-13)16(19)14(9-4-2)15(17)20/h6-8,10-11,14H,3-5,9,12H2,1-2H3,(H2,17,20). The second-order valence-electron chi connectivity index (χ2n) is 4.92. The first-order valence-corrected chi connectivity index (χ1v) is 7.68. The lowest BCUT2D eigenvalue weighted by Crippen LogP contribution is -2.42. The molecule has 1 aromatic rings. The molecule has 2 N–H and O–H groups in total. The molecule has 0 radical (unpaired) electrons. The van der Waals surface area contributed by atoms with Gasteiger partial charge in [0.1, 0.15) is 0 Å². The number of nitrogens with two attached hydrogens (primary N) is 1. The molecule has 0 aliphatic rings. The molecule has 0 aliphatic carbocycles. The van der Waals surface area contributed by atoms with E-state index >= 15 is 0 Å². The lowest BCUT2D eigenvalue weighted by atomic mass is 10.0. The number of carbonyl (C=O) groups excluding carboxylic acids is 1. The predicted molar refractivity (Wildman–Crippen MR) is 88.9 cm³/mol. The summed E-state index contributed by atoms with van der Waals surface area (Å²) in [5, 5.41) is 0. The van der Waals surface area contributed by atoms with Crippen LogP contribution in [0.15, 0.2) is 30.3 Å². The van der Waals surface area contributed by atoms with Gasteiger partial charge in [-0.25, -0.2) is 0 Å². The molecule has 4 heteroatoms. The molecule has 3 nitrogen and oxygen atoms in total. The van der Waals surface area contributed by atoms with Crippen molar-refractivity contribution in [1.82, 2.24) is 0 Å². The van der Waals surface area contributed by atoms with Crippen molar-refractivity contribution in [3.05, 3.63) is 30.3 Å². The molecule has 0 saturated heterocycles. The molecule has 0 aliphatic heterocycles. The largest absolute Gasteiger partial charge is 0.393 e. The van der Waals surface area contributed by atoms with Crippen molar-refractivity contribution in [3.63, 3.8) is 0 Å². The Labute approximate surface area is 127 Å². The first kappa shape index (κ1) is 16.6. The van der Waals surface area contributed by atoms with E-state index in [0.29, 0.717) is 18.0 Å². The van der Waals surface area contributed by atoms with Crippen LogP contribution in [0.3, 0.4) is 0 Å². The number of carbonyl (C=O) groups is 1. The third kappa shape index (κ3) is 4.60. The molecule has 1 aromatic carbocycles. The van der Waals surface area contributed by atoms with Crippen LogP contribution in [0.4, 0.5) is 5.69 Å². The second-order valence-corrected chi connectivity index (χ2v) is 5.39. The van der Waals surface area contributed by atoms with Crippen molar-refractivity contribution in [2.45, 2.75) is 39.5 Å². The highest BCUT2D eigenvalue weighted by Crippen LogP contribution is 2.20. The third-order valence-corrected chi connectivity index (χ3v) is 3.57. The number of hydrogen-bond donors (Lipinski definition) is 1. The molecule has 20 heavy (non-hydrogen) atoms. The minimum absolute atomic E-state index is 0.0269. The molecule has 0 bridgehead atoms. The number of unbranched alkanes of at least 4 members (excludes halogenated alkanes) is 1. The Morgan fingerprint density at radius 1 is 1.25 bits per heavy atom. The van der Waals surface area contributed by atoms with E-state index in [9.17, 15) is 4.79 Å². The molecule has 1 unspecified atom stereocenters. The molecule has 1 amide bonds. The van der Waals surface area contributed by atoms with Crippen LogP contribution < -0.4 is 10.6 Å². The van der Waals surface area contributed by atoms with Gasteiger partial charge in [0, 0.05) is 12.2 Å². The van der Waals surface area contributed by atoms with Gasteiger partial charge in [0.15, 0.2) is 0 Å². The zero-order chi connectivity index (χ0) is 15.0. The Kier molecular flexibility index (Phi) is 7.23. The Balaban J connectivity index is 2.97. The number of nitrogens with zero attached hydrogens (tertiary/aromatic N) is 1. The molecule has 0 saturated carbocycles. The summed E-state index contributed by atoms with van der Waals surface area (Å²) in [6.45, 7) is 4.87.